The highest BCUT2D eigenvalue weighted by Gasteiger charge is 2.31. The number of aromatic carboxylic acids is 1. The molecule has 656 valence electrons. The highest BCUT2D eigenvalue weighted by atomic mass is 35.5. The Bertz CT molecular complexity index is 4400. The van der Waals surface area contributed by atoms with Crippen LogP contribution in [0.5, 0.6) is 28.7 Å². The van der Waals surface area contributed by atoms with Gasteiger partial charge in [-0.3, -0.25) is 4.90 Å². The van der Waals surface area contributed by atoms with Gasteiger partial charge < -0.3 is 38.3 Å². The Morgan fingerprint density at radius 1 is 0.397 bits per heavy atom. The van der Waals surface area contributed by atoms with Gasteiger partial charge in [-0.25, -0.2) is 9.59 Å². The number of hydrogen-bond acceptors (Lipinski definition) is 11. The normalized spacial score (nSPS) is 11.4. The summed E-state index contributed by atoms with van der Waals surface area (Å²) in [7, 11) is 8.16. The number of carbonyl (C=O) groups excluding carboxylic acids is 1. The highest BCUT2D eigenvalue weighted by molar-refractivity contribution is 6.30. The third-order valence-electron chi connectivity index (χ3n) is 19.3. The van der Waals surface area contributed by atoms with E-state index in [1.54, 1.807) is 64.8 Å². The predicted molar refractivity (Wildman–Crippen MR) is 497 cm³/mol. The molecule has 121 heavy (non-hydrogen) atoms. The minimum atomic E-state index is -4.61. The van der Waals surface area contributed by atoms with E-state index in [0.717, 1.165) is 72.0 Å². The number of benzene rings is 10. The number of carbonyl (C=O) groups is 2. The van der Waals surface area contributed by atoms with E-state index in [2.05, 4.69) is 236 Å². The van der Waals surface area contributed by atoms with E-state index in [9.17, 15) is 22.8 Å². The monoisotopic (exact) mass is 1680 g/mol. The lowest BCUT2D eigenvalue weighted by molar-refractivity contribution is -0.274. The second-order valence-corrected chi connectivity index (χ2v) is 32.5. The second-order valence-electron chi connectivity index (χ2n) is 32.0. The lowest BCUT2D eigenvalue weighted by Crippen LogP contribution is -2.35. The molecule has 11 rings (SSSR count). The topological polar surface area (TPSA) is 146 Å². The number of para-hydroxylation sites is 1. The Labute approximate surface area is 729 Å². The number of nitriles is 1. The van der Waals surface area contributed by atoms with Crippen molar-refractivity contribution in [1.82, 2.24) is 4.90 Å². The Hall–Kier alpha value is -10.4. The molecule has 10 aromatic rings. The van der Waals surface area contributed by atoms with Crippen LogP contribution in [0.15, 0.2) is 243 Å². The predicted octanol–water partition coefficient (Wildman–Crippen LogP) is 29.1. The average molecular weight is 1680 g/mol. The molecular formula is C105H138ClF3N2O10. The fraction of sp³-hybridized carbons (Fsp3) is 0.400. The van der Waals surface area contributed by atoms with Gasteiger partial charge in [0.2, 0.25) is 0 Å². The molecule has 0 saturated carbocycles. The molecule has 0 radical (unpaired) electrons. The molecule has 1 N–H and O–H groups in total. The number of nitrogens with zero attached hydrogens (tertiary/aromatic N) is 2. The number of rotatable bonds is 20. The zero-order chi connectivity index (χ0) is 90.7. The average Bonchev–Trinajstić information content (AvgIpc) is 0.920. The summed E-state index contributed by atoms with van der Waals surface area (Å²) >= 11 is 5.72. The fourth-order valence-corrected chi connectivity index (χ4v) is 11.5. The summed E-state index contributed by atoms with van der Waals surface area (Å²) in [4.78, 5) is 24.0. The molecule has 10 aromatic carbocycles. The number of ether oxygens (including phenoxy) is 7. The van der Waals surface area contributed by atoms with E-state index in [-0.39, 0.29) is 11.7 Å². The molecule has 1 fully saturated rings. The number of esters is 1. The van der Waals surface area contributed by atoms with Gasteiger partial charge in [-0.2, -0.15) is 5.26 Å². The van der Waals surface area contributed by atoms with Crippen molar-refractivity contribution in [3.05, 3.63) is 326 Å². The molecule has 0 aliphatic carbocycles. The van der Waals surface area contributed by atoms with Crippen molar-refractivity contribution < 1.29 is 61.0 Å². The minimum absolute atomic E-state index is 0.179. The van der Waals surface area contributed by atoms with Crippen molar-refractivity contribution in [3.63, 3.8) is 0 Å². The van der Waals surface area contributed by atoms with Crippen molar-refractivity contribution in [1.29, 1.82) is 5.26 Å². The van der Waals surface area contributed by atoms with Crippen LogP contribution in [0.2, 0.25) is 5.02 Å². The van der Waals surface area contributed by atoms with Crippen molar-refractivity contribution in [3.8, 4) is 34.8 Å². The maximum Gasteiger partial charge on any atom is 0.573 e. The van der Waals surface area contributed by atoms with E-state index in [0.29, 0.717) is 76.7 Å². The van der Waals surface area contributed by atoms with Gasteiger partial charge in [0.05, 0.1) is 72.4 Å². The zero-order valence-corrected chi connectivity index (χ0v) is 77.4. The van der Waals surface area contributed by atoms with Crippen molar-refractivity contribution >= 4 is 23.5 Å². The number of halogens is 4. The first-order chi connectivity index (χ1) is 57.3. The van der Waals surface area contributed by atoms with Gasteiger partial charge in [-0.1, -0.05) is 302 Å². The summed E-state index contributed by atoms with van der Waals surface area (Å²) < 4.78 is 69.4. The van der Waals surface area contributed by atoms with Gasteiger partial charge in [0.15, 0.2) is 0 Å². The molecule has 12 nitrogen and oxygen atoms in total. The first-order valence-corrected chi connectivity index (χ1v) is 42.2. The molecule has 16 heteroatoms. The van der Waals surface area contributed by atoms with Crippen molar-refractivity contribution in [2.24, 2.45) is 0 Å². The lowest BCUT2D eigenvalue weighted by Gasteiger charge is -2.26. The van der Waals surface area contributed by atoms with Crippen LogP contribution in [0.25, 0.3) is 0 Å². The molecule has 0 aromatic heterocycles. The second kappa shape index (κ2) is 58.6. The van der Waals surface area contributed by atoms with Gasteiger partial charge in [0.1, 0.15) is 28.7 Å². The molecule has 0 amide bonds. The van der Waals surface area contributed by atoms with Crippen molar-refractivity contribution in [2.75, 3.05) is 61.9 Å². The summed E-state index contributed by atoms with van der Waals surface area (Å²) in [5, 5.41) is 17.9. The summed E-state index contributed by atoms with van der Waals surface area (Å²) in [6, 6.07) is 80.4. The number of alkyl halides is 3. The summed E-state index contributed by atoms with van der Waals surface area (Å²) in [6.45, 7) is 47.8. The molecule has 1 heterocycles. The summed E-state index contributed by atoms with van der Waals surface area (Å²) in [5.74, 6) is 7.76. The lowest BCUT2D eigenvalue weighted by atomic mass is 10.0. The van der Waals surface area contributed by atoms with E-state index < -0.39 is 12.3 Å². The van der Waals surface area contributed by atoms with Crippen LogP contribution in [0.1, 0.15) is 285 Å². The van der Waals surface area contributed by atoms with Crippen LogP contribution in [0.4, 0.5) is 13.2 Å². The van der Waals surface area contributed by atoms with Crippen LogP contribution >= 0.6 is 11.6 Å². The zero-order valence-electron chi connectivity index (χ0n) is 76.6. The number of methoxy groups -OCH3 is 5. The van der Waals surface area contributed by atoms with Gasteiger partial charge >= 0.3 is 18.3 Å². The van der Waals surface area contributed by atoms with Gasteiger partial charge in [0, 0.05) is 24.7 Å². The quantitative estimate of drug-likeness (QED) is 0.0725. The number of carboxylic acid groups (broad SMARTS) is 1. The van der Waals surface area contributed by atoms with E-state index in [4.69, 9.17) is 45.7 Å². The maximum atomic E-state index is 11.8. The number of carboxylic acids is 1. The van der Waals surface area contributed by atoms with Crippen LogP contribution in [-0.2, 0) is 22.4 Å². The summed E-state index contributed by atoms with van der Waals surface area (Å²) in [6.07, 6.45) is -4.10. The van der Waals surface area contributed by atoms with E-state index in [1.165, 1.54) is 74.9 Å². The third kappa shape index (κ3) is 44.7. The summed E-state index contributed by atoms with van der Waals surface area (Å²) in [5.41, 5.74) is 16.2. The largest absolute Gasteiger partial charge is 0.573 e. The molecule has 0 unspecified atom stereocenters. The molecule has 0 atom stereocenters. The van der Waals surface area contributed by atoms with Crippen LogP contribution < -0.4 is 23.7 Å². The Morgan fingerprint density at radius 2 is 0.744 bits per heavy atom. The smallest absolute Gasteiger partial charge is 0.497 e. The maximum absolute atomic E-state index is 11.8. The standard InChI is InChI=1S/C14H21NO.C11H13N.C11H14O2.C10H11F3O.C10H12O2.4C10H14O.C9H11Cl/c1-12(2)14-5-3-13(4-6-14)11-15-7-9-16-10-8-15;1-9(2)11-5-3-4-10(8-11)6-7-12;1-8(2)9-4-6-10(7-5-9)11(12)13-3;1-7(2)8-3-5-9(6-4-8)14-10(11,12)13;1-7(2)8-3-5-9(6-4-8)10(11)12;2*1-8(2)9-4-6-10(11-3)7-5-9;1-8(2)9-5-4-6-10(7-9)11-3;1-8(2)9-6-4-5-7-10(9)11-3;1-7(2)8-3-5-9(10)6-4-8/h3-6,12H,7-11H2,1-2H3;3-5,8-9H,6H2,1-2H3;4-8H,1-3H3;3-7H,1-2H3;3-7H,1-2H3,(H,11,12);4*4-8H,1-3H3;3-7H,1-2H3. The van der Waals surface area contributed by atoms with Crippen LogP contribution in [0.3, 0.4) is 0 Å². The molecule has 0 bridgehead atoms. The molecule has 1 saturated heterocycles. The number of hydrogen-bond donors (Lipinski definition) is 1. The van der Waals surface area contributed by atoms with Crippen LogP contribution in [0, 0.1) is 11.3 Å². The first kappa shape index (κ1) is 107. The van der Waals surface area contributed by atoms with Crippen LogP contribution in [-0.4, -0.2) is 90.2 Å². The Balaban J connectivity index is 0.000000457. The molecule has 1 aliphatic rings. The first-order valence-electron chi connectivity index (χ1n) is 41.8. The van der Waals surface area contributed by atoms with Gasteiger partial charge in [-0.15, -0.1) is 13.2 Å². The molecular weight excluding hydrogens is 1540 g/mol. The highest BCUT2D eigenvalue weighted by Crippen LogP contribution is 2.29. The third-order valence-corrected chi connectivity index (χ3v) is 19.5. The Morgan fingerprint density at radius 3 is 1.08 bits per heavy atom. The van der Waals surface area contributed by atoms with Gasteiger partial charge in [0.25, 0.3) is 0 Å². The molecule has 1 aliphatic heterocycles. The van der Waals surface area contributed by atoms with E-state index in [1.807, 2.05) is 117 Å². The molecule has 0 spiro atoms. The SMILES string of the molecule is CC(C)c1ccc(C(=O)O)cc1.CC(C)c1ccc(CN2CCOCC2)cc1.CC(C)c1ccc(Cl)cc1.CC(C)c1ccc(OC(F)(F)F)cc1.CC(C)c1cccc(CC#N)c1.COC(=O)c1ccc(C(C)C)cc1.COc1ccc(C(C)C)cc1.COc1ccc(C(C)C)cc1.COc1cccc(C(C)C)c1.COc1ccccc1C(C)C. The van der Waals surface area contributed by atoms with Gasteiger partial charge in [-0.05, 0) is 217 Å². The van der Waals surface area contributed by atoms with Crippen molar-refractivity contribution in [2.45, 2.75) is 217 Å². The number of morpholine rings is 1. The minimum Gasteiger partial charge on any atom is -0.497 e. The Kier molecular flexibility index (Phi) is 51.6. The van der Waals surface area contributed by atoms with E-state index >= 15 is 0 Å². The fourth-order valence-electron chi connectivity index (χ4n) is 11.3.